The SMILES string of the molecule is Cc1cc(NCC(C)(C)O)c2ccc(C3=CC=NC3)cc2n1. The number of anilines is 1. The van der Waals surface area contributed by atoms with Crippen molar-refractivity contribution in [2.24, 2.45) is 4.99 Å². The summed E-state index contributed by atoms with van der Waals surface area (Å²) < 4.78 is 0. The molecular formula is C18H21N3O. The second kappa shape index (κ2) is 5.54. The molecule has 0 aliphatic carbocycles. The molecule has 0 radical (unpaired) electrons. The summed E-state index contributed by atoms with van der Waals surface area (Å²) in [5, 5.41) is 14.3. The monoisotopic (exact) mass is 295 g/mol. The maximum absolute atomic E-state index is 9.91. The van der Waals surface area contributed by atoms with E-state index in [1.54, 1.807) is 13.8 Å². The number of nitrogens with one attached hydrogen (secondary N) is 1. The van der Waals surface area contributed by atoms with Crippen molar-refractivity contribution in [2.45, 2.75) is 26.4 Å². The molecule has 0 spiro atoms. The molecule has 0 unspecified atom stereocenters. The molecule has 2 heterocycles. The normalized spacial score (nSPS) is 14.5. The van der Waals surface area contributed by atoms with Gasteiger partial charge in [-0.1, -0.05) is 12.1 Å². The molecule has 1 aromatic carbocycles. The Hall–Kier alpha value is -2.20. The van der Waals surface area contributed by atoms with E-state index in [0.29, 0.717) is 6.54 Å². The van der Waals surface area contributed by atoms with Crippen LogP contribution in [0.25, 0.3) is 16.5 Å². The number of aliphatic imine (C=N–C) groups is 1. The number of aliphatic hydroxyl groups is 1. The van der Waals surface area contributed by atoms with Crippen LogP contribution < -0.4 is 5.32 Å². The van der Waals surface area contributed by atoms with Gasteiger partial charge in [0.2, 0.25) is 0 Å². The number of aromatic nitrogens is 1. The molecule has 1 aliphatic heterocycles. The van der Waals surface area contributed by atoms with E-state index >= 15 is 0 Å². The Morgan fingerprint density at radius 1 is 1.27 bits per heavy atom. The average Bonchev–Trinajstić information content (AvgIpc) is 2.97. The molecule has 22 heavy (non-hydrogen) atoms. The van der Waals surface area contributed by atoms with Crippen molar-refractivity contribution in [3.05, 3.63) is 41.6 Å². The van der Waals surface area contributed by atoms with Crippen LogP contribution in [0.5, 0.6) is 0 Å². The molecular weight excluding hydrogens is 274 g/mol. The molecule has 0 amide bonds. The first kappa shape index (κ1) is 14.7. The summed E-state index contributed by atoms with van der Waals surface area (Å²) in [5.41, 5.74) is 4.55. The van der Waals surface area contributed by atoms with Crippen LogP contribution in [0.3, 0.4) is 0 Å². The zero-order valence-corrected chi connectivity index (χ0v) is 13.2. The fraction of sp³-hybridized carbons (Fsp3) is 0.333. The summed E-state index contributed by atoms with van der Waals surface area (Å²) in [6, 6.07) is 8.32. The fourth-order valence-corrected chi connectivity index (χ4v) is 2.55. The molecule has 2 N–H and O–H groups in total. The number of nitrogens with zero attached hydrogens (tertiary/aromatic N) is 2. The molecule has 0 saturated carbocycles. The maximum atomic E-state index is 9.91. The number of fused-ring (bicyclic) bond motifs is 1. The van der Waals surface area contributed by atoms with Gasteiger partial charge in [-0.3, -0.25) is 9.98 Å². The maximum Gasteiger partial charge on any atom is 0.0763 e. The molecule has 4 nitrogen and oxygen atoms in total. The molecule has 0 bridgehead atoms. The molecule has 0 atom stereocenters. The minimum atomic E-state index is -0.755. The van der Waals surface area contributed by atoms with Crippen molar-refractivity contribution in [3.63, 3.8) is 0 Å². The molecule has 2 aromatic rings. The van der Waals surface area contributed by atoms with Gasteiger partial charge < -0.3 is 10.4 Å². The number of allylic oxidation sites excluding steroid dienone is 1. The first-order chi connectivity index (χ1) is 10.4. The van der Waals surface area contributed by atoms with E-state index in [0.717, 1.165) is 34.4 Å². The van der Waals surface area contributed by atoms with E-state index in [1.165, 1.54) is 5.57 Å². The number of pyridine rings is 1. The van der Waals surface area contributed by atoms with Crippen LogP contribution in [0.1, 0.15) is 25.1 Å². The average molecular weight is 295 g/mol. The predicted molar refractivity (Wildman–Crippen MR) is 92.6 cm³/mol. The highest BCUT2D eigenvalue weighted by molar-refractivity contribution is 5.96. The van der Waals surface area contributed by atoms with Gasteiger partial charge in [-0.05, 0) is 50.1 Å². The van der Waals surface area contributed by atoms with E-state index in [4.69, 9.17) is 0 Å². The Morgan fingerprint density at radius 2 is 2.09 bits per heavy atom. The number of hydrogen-bond acceptors (Lipinski definition) is 4. The lowest BCUT2D eigenvalue weighted by Crippen LogP contribution is -2.29. The third kappa shape index (κ3) is 3.17. The quantitative estimate of drug-likeness (QED) is 0.910. The Morgan fingerprint density at radius 3 is 2.77 bits per heavy atom. The minimum absolute atomic E-state index is 0.492. The van der Waals surface area contributed by atoms with Crippen LogP contribution in [-0.2, 0) is 0 Å². The zero-order chi connectivity index (χ0) is 15.7. The molecule has 0 saturated heterocycles. The highest BCUT2D eigenvalue weighted by atomic mass is 16.3. The van der Waals surface area contributed by atoms with Gasteiger partial charge in [0.05, 0.1) is 17.7 Å². The number of hydrogen-bond donors (Lipinski definition) is 2. The van der Waals surface area contributed by atoms with Gasteiger partial charge in [-0.2, -0.15) is 0 Å². The molecule has 4 heteroatoms. The summed E-state index contributed by atoms with van der Waals surface area (Å²) in [7, 11) is 0. The van der Waals surface area contributed by atoms with E-state index in [2.05, 4.69) is 33.5 Å². The van der Waals surface area contributed by atoms with E-state index in [-0.39, 0.29) is 0 Å². The van der Waals surface area contributed by atoms with Crippen molar-refractivity contribution in [1.82, 2.24) is 4.98 Å². The summed E-state index contributed by atoms with van der Waals surface area (Å²) in [6.07, 6.45) is 3.89. The first-order valence-corrected chi connectivity index (χ1v) is 7.49. The molecule has 114 valence electrons. The minimum Gasteiger partial charge on any atom is -0.389 e. The molecule has 3 rings (SSSR count). The topological polar surface area (TPSA) is 57.5 Å². The second-order valence-corrected chi connectivity index (χ2v) is 6.39. The Bertz CT molecular complexity index is 770. The molecule has 1 aliphatic rings. The summed E-state index contributed by atoms with van der Waals surface area (Å²) in [4.78, 5) is 8.88. The van der Waals surface area contributed by atoms with Crippen molar-refractivity contribution >= 4 is 28.4 Å². The lowest BCUT2D eigenvalue weighted by Gasteiger charge is -2.20. The van der Waals surface area contributed by atoms with Crippen LogP contribution in [0.2, 0.25) is 0 Å². The van der Waals surface area contributed by atoms with E-state index < -0.39 is 5.60 Å². The van der Waals surface area contributed by atoms with Gasteiger partial charge in [0, 0.05) is 29.5 Å². The fourth-order valence-electron chi connectivity index (χ4n) is 2.55. The van der Waals surface area contributed by atoms with Crippen molar-refractivity contribution < 1.29 is 5.11 Å². The first-order valence-electron chi connectivity index (χ1n) is 7.49. The number of rotatable bonds is 4. The van der Waals surface area contributed by atoms with Crippen LogP contribution in [-0.4, -0.2) is 35.0 Å². The van der Waals surface area contributed by atoms with Crippen LogP contribution in [0.4, 0.5) is 5.69 Å². The van der Waals surface area contributed by atoms with Gasteiger partial charge in [-0.25, -0.2) is 0 Å². The van der Waals surface area contributed by atoms with Gasteiger partial charge in [0.1, 0.15) is 0 Å². The summed E-state index contributed by atoms with van der Waals surface area (Å²) >= 11 is 0. The largest absolute Gasteiger partial charge is 0.389 e. The van der Waals surface area contributed by atoms with E-state index in [1.807, 2.05) is 25.3 Å². The van der Waals surface area contributed by atoms with E-state index in [9.17, 15) is 5.11 Å². The van der Waals surface area contributed by atoms with Crippen LogP contribution >= 0.6 is 0 Å². The van der Waals surface area contributed by atoms with Crippen molar-refractivity contribution in [1.29, 1.82) is 0 Å². The van der Waals surface area contributed by atoms with Gasteiger partial charge in [0.15, 0.2) is 0 Å². The lowest BCUT2D eigenvalue weighted by molar-refractivity contribution is 0.0945. The second-order valence-electron chi connectivity index (χ2n) is 6.39. The number of aryl methyl sites for hydroxylation is 1. The highest BCUT2D eigenvalue weighted by Crippen LogP contribution is 2.27. The smallest absolute Gasteiger partial charge is 0.0763 e. The van der Waals surface area contributed by atoms with Crippen molar-refractivity contribution in [2.75, 3.05) is 18.4 Å². The third-order valence-electron chi connectivity index (χ3n) is 3.66. The standard InChI is InChI=1S/C18H21N3O/c1-12-8-16(20-11-18(2,3)22)15-5-4-13(9-17(15)21-12)14-6-7-19-10-14/h4-9,22H,10-11H2,1-3H3,(H,20,21). The van der Waals surface area contributed by atoms with Gasteiger partial charge >= 0.3 is 0 Å². The predicted octanol–water partition coefficient (Wildman–Crippen LogP) is 3.19. The molecule has 1 aromatic heterocycles. The van der Waals surface area contributed by atoms with Gasteiger partial charge in [0.25, 0.3) is 0 Å². The summed E-state index contributed by atoms with van der Waals surface area (Å²) in [5.74, 6) is 0. The van der Waals surface area contributed by atoms with Crippen molar-refractivity contribution in [3.8, 4) is 0 Å². The zero-order valence-electron chi connectivity index (χ0n) is 13.2. The number of benzene rings is 1. The van der Waals surface area contributed by atoms with Gasteiger partial charge in [-0.15, -0.1) is 0 Å². The highest BCUT2D eigenvalue weighted by Gasteiger charge is 2.14. The van der Waals surface area contributed by atoms with Crippen LogP contribution in [0.15, 0.2) is 35.3 Å². The molecule has 0 fully saturated rings. The Labute approximate surface area is 130 Å². The summed E-state index contributed by atoms with van der Waals surface area (Å²) in [6.45, 7) is 6.80. The Kier molecular flexibility index (Phi) is 3.71. The Balaban J connectivity index is 1.99. The van der Waals surface area contributed by atoms with Crippen LogP contribution in [0, 0.1) is 6.92 Å². The lowest BCUT2D eigenvalue weighted by atomic mass is 10.0. The third-order valence-corrected chi connectivity index (χ3v) is 3.66.